The molecule has 5 nitrogen and oxygen atoms in total. The van der Waals surface area contributed by atoms with Gasteiger partial charge in [0.15, 0.2) is 0 Å². The van der Waals surface area contributed by atoms with E-state index in [1.54, 1.807) is 4.90 Å². The molecule has 1 saturated heterocycles. The quantitative estimate of drug-likeness (QED) is 0.821. The van der Waals surface area contributed by atoms with Crippen LogP contribution in [-0.4, -0.2) is 58.0 Å². The van der Waals surface area contributed by atoms with Crippen LogP contribution in [0.4, 0.5) is 0 Å². The fourth-order valence-corrected chi connectivity index (χ4v) is 3.03. The normalized spacial score (nSPS) is 24.2. The molecule has 0 aromatic heterocycles. The maximum Gasteiger partial charge on any atom is 0.321 e. The van der Waals surface area contributed by atoms with Crippen LogP contribution in [-0.2, 0) is 9.59 Å². The number of nitrogens with zero attached hydrogens (tertiary/aromatic N) is 2. The Morgan fingerprint density at radius 2 is 1.79 bits per heavy atom. The molecule has 0 spiro atoms. The van der Waals surface area contributed by atoms with Gasteiger partial charge in [-0.3, -0.25) is 14.5 Å². The lowest BCUT2D eigenvalue weighted by molar-refractivity contribution is -0.145. The highest BCUT2D eigenvalue weighted by molar-refractivity contribution is 5.81. The van der Waals surface area contributed by atoms with Gasteiger partial charge in [0.2, 0.25) is 5.91 Å². The lowest BCUT2D eigenvalue weighted by Crippen LogP contribution is -2.49. The number of carboxylic acid groups (broad SMARTS) is 1. The smallest absolute Gasteiger partial charge is 0.321 e. The van der Waals surface area contributed by atoms with Crippen LogP contribution in [0, 0.1) is 5.92 Å². The summed E-state index contributed by atoms with van der Waals surface area (Å²) in [6.07, 6.45) is 0.841. The first-order valence-electron chi connectivity index (χ1n) is 7.03. The Balaban J connectivity index is 2.73. The van der Waals surface area contributed by atoms with Gasteiger partial charge in [-0.25, -0.2) is 0 Å². The minimum atomic E-state index is -0.821. The third-order valence-electron chi connectivity index (χ3n) is 3.80. The SMILES string of the molecule is CC1CCN(CC(=O)N(C(C)C)C(C)C)C1C(=O)O. The predicted octanol–water partition coefficient (Wildman–Crippen LogP) is 1.43. The van der Waals surface area contributed by atoms with Gasteiger partial charge in [0.25, 0.3) is 0 Å². The first kappa shape index (κ1) is 16.0. The number of carboxylic acids is 1. The number of carbonyl (C=O) groups is 2. The van der Waals surface area contributed by atoms with Crippen molar-refractivity contribution in [3.8, 4) is 0 Å². The van der Waals surface area contributed by atoms with E-state index in [4.69, 9.17) is 0 Å². The van der Waals surface area contributed by atoms with Crippen LogP contribution < -0.4 is 0 Å². The summed E-state index contributed by atoms with van der Waals surface area (Å²) in [6.45, 7) is 10.8. The summed E-state index contributed by atoms with van der Waals surface area (Å²) in [5, 5.41) is 9.26. The van der Waals surface area contributed by atoms with E-state index in [-0.39, 0.29) is 30.5 Å². The molecule has 1 N–H and O–H groups in total. The molecule has 0 saturated carbocycles. The molecule has 1 rings (SSSR count). The highest BCUT2D eigenvalue weighted by atomic mass is 16.4. The topological polar surface area (TPSA) is 60.9 Å². The monoisotopic (exact) mass is 270 g/mol. The molecule has 1 fully saturated rings. The van der Waals surface area contributed by atoms with E-state index in [1.807, 2.05) is 39.5 Å². The van der Waals surface area contributed by atoms with Crippen molar-refractivity contribution in [1.82, 2.24) is 9.80 Å². The van der Waals surface area contributed by atoms with Gasteiger partial charge < -0.3 is 10.0 Å². The van der Waals surface area contributed by atoms with Crippen LogP contribution >= 0.6 is 0 Å². The molecule has 0 radical (unpaired) electrons. The Hall–Kier alpha value is -1.10. The molecule has 0 aliphatic carbocycles. The molecular formula is C14H26N2O3. The van der Waals surface area contributed by atoms with Crippen molar-refractivity contribution in [3.05, 3.63) is 0 Å². The molecule has 19 heavy (non-hydrogen) atoms. The largest absolute Gasteiger partial charge is 0.480 e. The van der Waals surface area contributed by atoms with Crippen molar-refractivity contribution in [2.45, 2.75) is 59.2 Å². The summed E-state index contributed by atoms with van der Waals surface area (Å²) in [5.74, 6) is -0.694. The molecule has 1 heterocycles. The summed E-state index contributed by atoms with van der Waals surface area (Å²) in [6, 6.07) is -0.253. The standard InChI is InChI=1S/C14H26N2O3/c1-9(2)16(10(3)4)12(17)8-15-7-6-11(5)13(15)14(18)19/h9-11,13H,6-8H2,1-5H3,(H,18,19). The van der Waals surface area contributed by atoms with Gasteiger partial charge in [0.05, 0.1) is 6.54 Å². The third-order valence-corrected chi connectivity index (χ3v) is 3.80. The van der Waals surface area contributed by atoms with Gasteiger partial charge in [-0.1, -0.05) is 6.92 Å². The van der Waals surface area contributed by atoms with E-state index in [2.05, 4.69) is 0 Å². The maximum atomic E-state index is 12.3. The summed E-state index contributed by atoms with van der Waals surface area (Å²) in [5.41, 5.74) is 0. The van der Waals surface area contributed by atoms with Gasteiger partial charge in [-0.2, -0.15) is 0 Å². The fourth-order valence-electron chi connectivity index (χ4n) is 3.03. The Kier molecular flexibility index (Phi) is 5.35. The number of amides is 1. The first-order valence-corrected chi connectivity index (χ1v) is 7.03. The van der Waals surface area contributed by atoms with Crippen molar-refractivity contribution in [2.24, 2.45) is 5.92 Å². The Labute approximate surface area is 115 Å². The number of hydrogen-bond donors (Lipinski definition) is 1. The second-order valence-corrected chi connectivity index (χ2v) is 6.01. The molecule has 2 unspecified atom stereocenters. The zero-order valence-corrected chi connectivity index (χ0v) is 12.6. The summed E-state index contributed by atoms with van der Waals surface area (Å²) < 4.78 is 0. The van der Waals surface area contributed by atoms with Crippen LogP contribution in [0.25, 0.3) is 0 Å². The Morgan fingerprint density at radius 1 is 1.26 bits per heavy atom. The van der Waals surface area contributed by atoms with Crippen LogP contribution in [0.1, 0.15) is 41.0 Å². The van der Waals surface area contributed by atoms with E-state index in [1.165, 1.54) is 0 Å². The highest BCUT2D eigenvalue weighted by Gasteiger charge is 2.38. The van der Waals surface area contributed by atoms with Crippen molar-refractivity contribution in [3.63, 3.8) is 0 Å². The minimum Gasteiger partial charge on any atom is -0.480 e. The highest BCUT2D eigenvalue weighted by Crippen LogP contribution is 2.24. The number of hydrogen-bond acceptors (Lipinski definition) is 3. The number of carbonyl (C=O) groups excluding carboxylic acids is 1. The van der Waals surface area contributed by atoms with Crippen molar-refractivity contribution >= 4 is 11.9 Å². The molecule has 2 atom stereocenters. The molecule has 5 heteroatoms. The summed E-state index contributed by atoms with van der Waals surface area (Å²) in [4.78, 5) is 27.2. The number of rotatable bonds is 5. The van der Waals surface area contributed by atoms with Crippen LogP contribution in [0.5, 0.6) is 0 Å². The maximum absolute atomic E-state index is 12.3. The molecular weight excluding hydrogens is 244 g/mol. The van der Waals surface area contributed by atoms with Gasteiger partial charge in [-0.15, -0.1) is 0 Å². The molecule has 0 aromatic carbocycles. The first-order chi connectivity index (χ1) is 8.75. The van der Waals surface area contributed by atoms with Crippen LogP contribution in [0.15, 0.2) is 0 Å². The van der Waals surface area contributed by atoms with Gasteiger partial charge in [-0.05, 0) is 46.6 Å². The van der Waals surface area contributed by atoms with Crippen molar-refractivity contribution in [1.29, 1.82) is 0 Å². The van der Waals surface area contributed by atoms with E-state index in [9.17, 15) is 14.7 Å². The fraction of sp³-hybridized carbons (Fsp3) is 0.857. The van der Waals surface area contributed by atoms with E-state index < -0.39 is 12.0 Å². The van der Waals surface area contributed by atoms with Crippen LogP contribution in [0.3, 0.4) is 0 Å². The van der Waals surface area contributed by atoms with E-state index in [0.29, 0.717) is 6.54 Å². The van der Waals surface area contributed by atoms with Crippen LogP contribution in [0.2, 0.25) is 0 Å². The summed E-state index contributed by atoms with van der Waals surface area (Å²) >= 11 is 0. The molecule has 1 amide bonds. The number of likely N-dealkylation sites (tertiary alicyclic amines) is 1. The Bertz CT molecular complexity index is 334. The minimum absolute atomic E-state index is 0.0188. The Morgan fingerprint density at radius 3 is 2.21 bits per heavy atom. The lowest BCUT2D eigenvalue weighted by atomic mass is 10.0. The molecule has 1 aliphatic heterocycles. The molecule has 1 aliphatic rings. The third kappa shape index (κ3) is 3.69. The number of aliphatic carboxylic acids is 1. The predicted molar refractivity (Wildman–Crippen MR) is 73.9 cm³/mol. The summed E-state index contributed by atoms with van der Waals surface area (Å²) in [7, 11) is 0. The second-order valence-electron chi connectivity index (χ2n) is 6.01. The zero-order valence-electron chi connectivity index (χ0n) is 12.6. The van der Waals surface area contributed by atoms with Gasteiger partial charge >= 0.3 is 5.97 Å². The molecule has 0 aromatic rings. The molecule has 0 bridgehead atoms. The van der Waals surface area contributed by atoms with Crippen molar-refractivity contribution in [2.75, 3.05) is 13.1 Å². The second kappa shape index (κ2) is 6.37. The molecule has 110 valence electrons. The van der Waals surface area contributed by atoms with E-state index >= 15 is 0 Å². The van der Waals surface area contributed by atoms with E-state index in [0.717, 1.165) is 6.42 Å². The average Bonchev–Trinajstić information content (AvgIpc) is 2.57. The average molecular weight is 270 g/mol. The lowest BCUT2D eigenvalue weighted by Gasteiger charge is -2.33. The van der Waals surface area contributed by atoms with Crippen molar-refractivity contribution < 1.29 is 14.7 Å². The zero-order chi connectivity index (χ0) is 14.7. The van der Waals surface area contributed by atoms with Gasteiger partial charge in [0, 0.05) is 12.1 Å². The van der Waals surface area contributed by atoms with Gasteiger partial charge in [0.1, 0.15) is 6.04 Å².